The molecule has 0 spiro atoms. The second-order valence-electron chi connectivity index (χ2n) is 5.54. The summed E-state index contributed by atoms with van der Waals surface area (Å²) in [6.45, 7) is 6.14. The smallest absolute Gasteiger partial charge is 0.222 e. The molecule has 0 saturated carbocycles. The number of carbonyl (C=O) groups is 1. The number of hydrogen-bond acceptors (Lipinski definition) is 2. The van der Waals surface area contributed by atoms with Crippen molar-refractivity contribution in [2.45, 2.75) is 26.7 Å². The number of benzene rings is 1. The van der Waals surface area contributed by atoms with Gasteiger partial charge in [-0.3, -0.25) is 4.79 Å². The van der Waals surface area contributed by atoms with Crippen molar-refractivity contribution in [3.05, 3.63) is 29.8 Å². The van der Waals surface area contributed by atoms with Crippen LogP contribution in [0.2, 0.25) is 0 Å². The lowest BCUT2D eigenvalue weighted by molar-refractivity contribution is -0.127. The molecule has 1 aliphatic heterocycles. The number of anilines is 1. The van der Waals surface area contributed by atoms with Crippen molar-refractivity contribution in [2.24, 2.45) is 11.8 Å². The quantitative estimate of drug-likeness (QED) is 0.829. The zero-order chi connectivity index (χ0) is 13.1. The van der Waals surface area contributed by atoms with Crippen LogP contribution in [-0.4, -0.2) is 23.9 Å². The molecule has 3 heteroatoms. The van der Waals surface area contributed by atoms with Gasteiger partial charge in [-0.25, -0.2) is 0 Å². The molecule has 1 amide bonds. The number of likely N-dealkylation sites (tertiary alicyclic amines) is 1. The zero-order valence-electron chi connectivity index (χ0n) is 11.2. The Morgan fingerprint density at radius 3 is 2.56 bits per heavy atom. The molecule has 1 aliphatic rings. The molecule has 0 bridgehead atoms. The van der Waals surface area contributed by atoms with Gasteiger partial charge in [-0.2, -0.15) is 0 Å². The summed E-state index contributed by atoms with van der Waals surface area (Å²) < 4.78 is 0. The summed E-state index contributed by atoms with van der Waals surface area (Å²) in [5.41, 5.74) is 7.68. The van der Waals surface area contributed by atoms with E-state index in [1.807, 2.05) is 29.2 Å². The minimum absolute atomic E-state index is 0.309. The van der Waals surface area contributed by atoms with E-state index in [4.69, 9.17) is 5.73 Å². The fourth-order valence-electron chi connectivity index (χ4n) is 2.41. The lowest BCUT2D eigenvalue weighted by Gasteiger charge is -2.18. The largest absolute Gasteiger partial charge is 0.399 e. The second-order valence-corrected chi connectivity index (χ2v) is 5.54. The van der Waals surface area contributed by atoms with E-state index in [1.165, 1.54) is 5.56 Å². The van der Waals surface area contributed by atoms with Crippen LogP contribution in [0.15, 0.2) is 24.3 Å². The van der Waals surface area contributed by atoms with E-state index >= 15 is 0 Å². The molecule has 2 N–H and O–H groups in total. The number of carbonyl (C=O) groups excluding carboxylic acids is 1. The number of nitrogens with two attached hydrogens (primary N) is 1. The van der Waals surface area contributed by atoms with E-state index in [0.717, 1.165) is 31.6 Å². The van der Waals surface area contributed by atoms with Crippen LogP contribution >= 0.6 is 0 Å². The van der Waals surface area contributed by atoms with Crippen molar-refractivity contribution in [3.63, 3.8) is 0 Å². The Morgan fingerprint density at radius 1 is 1.33 bits per heavy atom. The van der Waals surface area contributed by atoms with E-state index in [2.05, 4.69) is 13.8 Å². The van der Waals surface area contributed by atoms with E-state index in [1.54, 1.807) is 0 Å². The summed E-state index contributed by atoms with van der Waals surface area (Å²) in [5, 5.41) is 0. The number of nitrogens with zero attached hydrogens (tertiary/aromatic N) is 1. The van der Waals surface area contributed by atoms with E-state index in [-0.39, 0.29) is 0 Å². The third kappa shape index (κ3) is 3.03. The van der Waals surface area contributed by atoms with Crippen molar-refractivity contribution in [3.8, 4) is 0 Å². The topological polar surface area (TPSA) is 46.3 Å². The first-order valence-electron chi connectivity index (χ1n) is 6.68. The van der Waals surface area contributed by atoms with Crippen molar-refractivity contribution < 1.29 is 4.79 Å². The minimum atomic E-state index is 0.309. The van der Waals surface area contributed by atoms with Gasteiger partial charge in [-0.05, 0) is 36.0 Å². The van der Waals surface area contributed by atoms with Crippen LogP contribution in [0, 0.1) is 11.8 Å². The molecule has 18 heavy (non-hydrogen) atoms. The molecule has 0 aliphatic carbocycles. The lowest BCUT2D eigenvalue weighted by atomic mass is 9.95. The van der Waals surface area contributed by atoms with Crippen LogP contribution in [0.25, 0.3) is 0 Å². The van der Waals surface area contributed by atoms with Crippen molar-refractivity contribution in [1.82, 2.24) is 4.90 Å². The zero-order valence-corrected chi connectivity index (χ0v) is 11.2. The number of rotatable bonds is 4. The molecule has 1 fully saturated rings. The molecule has 1 aromatic rings. The third-order valence-electron chi connectivity index (χ3n) is 3.84. The summed E-state index contributed by atoms with van der Waals surface area (Å²) in [4.78, 5) is 13.9. The van der Waals surface area contributed by atoms with Gasteiger partial charge < -0.3 is 10.6 Å². The van der Waals surface area contributed by atoms with Crippen LogP contribution in [0.1, 0.15) is 25.8 Å². The molecule has 0 radical (unpaired) electrons. The van der Waals surface area contributed by atoms with Crippen molar-refractivity contribution in [2.75, 3.05) is 18.8 Å². The molecule has 1 saturated heterocycles. The van der Waals surface area contributed by atoms with Crippen LogP contribution in [-0.2, 0) is 11.2 Å². The predicted octanol–water partition coefficient (Wildman–Crippen LogP) is 2.32. The molecule has 0 aromatic heterocycles. The Labute approximate surface area is 109 Å². The maximum absolute atomic E-state index is 11.9. The van der Waals surface area contributed by atoms with E-state index < -0.39 is 0 Å². The first-order valence-corrected chi connectivity index (χ1v) is 6.68. The third-order valence-corrected chi connectivity index (χ3v) is 3.84. The van der Waals surface area contributed by atoms with Crippen LogP contribution in [0.4, 0.5) is 5.69 Å². The Balaban J connectivity index is 1.87. The molecule has 1 heterocycles. The molecule has 1 unspecified atom stereocenters. The summed E-state index contributed by atoms with van der Waals surface area (Å²) in [5.74, 6) is 1.43. The SMILES string of the molecule is CC(C)C1CC(=O)N(CCc2ccc(N)cc2)C1. The highest BCUT2D eigenvalue weighted by molar-refractivity contribution is 5.78. The Kier molecular flexibility index (Phi) is 3.90. The molecular formula is C15H22N2O. The number of amides is 1. The van der Waals surface area contributed by atoms with Crippen molar-refractivity contribution in [1.29, 1.82) is 0 Å². The Hall–Kier alpha value is -1.51. The van der Waals surface area contributed by atoms with Gasteiger partial charge in [-0.1, -0.05) is 26.0 Å². The van der Waals surface area contributed by atoms with Gasteiger partial charge in [0.1, 0.15) is 0 Å². The molecule has 2 rings (SSSR count). The predicted molar refractivity (Wildman–Crippen MR) is 74.1 cm³/mol. The highest BCUT2D eigenvalue weighted by Gasteiger charge is 2.30. The second kappa shape index (κ2) is 5.42. The van der Waals surface area contributed by atoms with Gasteiger partial charge in [0, 0.05) is 25.2 Å². The fraction of sp³-hybridized carbons (Fsp3) is 0.533. The number of hydrogen-bond donors (Lipinski definition) is 1. The first-order chi connectivity index (χ1) is 8.56. The molecule has 3 nitrogen and oxygen atoms in total. The summed E-state index contributed by atoms with van der Waals surface area (Å²) in [6, 6.07) is 7.90. The van der Waals surface area contributed by atoms with Gasteiger partial charge in [0.25, 0.3) is 0 Å². The van der Waals surface area contributed by atoms with Crippen LogP contribution in [0.3, 0.4) is 0 Å². The molecular weight excluding hydrogens is 224 g/mol. The molecule has 1 atom stereocenters. The highest BCUT2D eigenvalue weighted by Crippen LogP contribution is 2.24. The van der Waals surface area contributed by atoms with Gasteiger partial charge in [0.05, 0.1) is 0 Å². The van der Waals surface area contributed by atoms with Gasteiger partial charge in [0.15, 0.2) is 0 Å². The van der Waals surface area contributed by atoms with Gasteiger partial charge >= 0.3 is 0 Å². The van der Waals surface area contributed by atoms with E-state index in [0.29, 0.717) is 17.7 Å². The Morgan fingerprint density at radius 2 is 2.00 bits per heavy atom. The monoisotopic (exact) mass is 246 g/mol. The Bertz CT molecular complexity index is 411. The normalized spacial score (nSPS) is 19.8. The lowest BCUT2D eigenvalue weighted by Crippen LogP contribution is -2.28. The minimum Gasteiger partial charge on any atom is -0.399 e. The maximum Gasteiger partial charge on any atom is 0.222 e. The van der Waals surface area contributed by atoms with Crippen molar-refractivity contribution >= 4 is 11.6 Å². The summed E-state index contributed by atoms with van der Waals surface area (Å²) in [7, 11) is 0. The maximum atomic E-state index is 11.9. The van der Waals surface area contributed by atoms with E-state index in [9.17, 15) is 4.79 Å². The van der Waals surface area contributed by atoms with Gasteiger partial charge in [-0.15, -0.1) is 0 Å². The van der Waals surface area contributed by atoms with Crippen LogP contribution in [0.5, 0.6) is 0 Å². The summed E-state index contributed by atoms with van der Waals surface area (Å²) >= 11 is 0. The average molecular weight is 246 g/mol. The average Bonchev–Trinajstić information content (AvgIpc) is 2.70. The molecule has 98 valence electrons. The van der Waals surface area contributed by atoms with Crippen LogP contribution < -0.4 is 5.73 Å². The highest BCUT2D eigenvalue weighted by atomic mass is 16.2. The molecule has 1 aromatic carbocycles. The fourth-order valence-corrected chi connectivity index (χ4v) is 2.41. The van der Waals surface area contributed by atoms with Gasteiger partial charge in [0.2, 0.25) is 5.91 Å². The first kappa shape index (κ1) is 12.9. The standard InChI is InChI=1S/C15H22N2O/c1-11(2)13-9-15(18)17(10-13)8-7-12-3-5-14(16)6-4-12/h3-6,11,13H,7-10,16H2,1-2H3. The summed E-state index contributed by atoms with van der Waals surface area (Å²) in [6.07, 6.45) is 1.64. The number of nitrogen functional groups attached to an aromatic ring is 1.